The third-order valence-corrected chi connectivity index (χ3v) is 1.31. The van der Waals surface area contributed by atoms with Crippen LogP contribution in [0.25, 0.3) is 0 Å². The maximum absolute atomic E-state index is 11.9. The third-order valence-electron chi connectivity index (χ3n) is 1.31. The Labute approximate surface area is 60.6 Å². The number of alkyl halides is 3. The molecule has 0 aliphatic carbocycles. The van der Waals surface area contributed by atoms with Crippen molar-refractivity contribution >= 4 is 0 Å². The van der Waals surface area contributed by atoms with Crippen LogP contribution >= 0.6 is 0 Å². The first-order valence-electron chi connectivity index (χ1n) is 2.74. The molecule has 1 rings (SSSR count). The molecule has 0 aromatic rings. The topological polar surface area (TPSA) is 23.3 Å². The average Bonchev–Trinajstić information content (AvgIpc) is 2.11. The summed E-state index contributed by atoms with van der Waals surface area (Å²) in [6.07, 6.45) is -2.90. The summed E-state index contributed by atoms with van der Waals surface area (Å²) in [6, 6.07) is -1.89. The van der Waals surface area contributed by atoms with Gasteiger partial charge < -0.3 is 0 Å². The van der Waals surface area contributed by atoms with Crippen LogP contribution in [0.5, 0.6) is 0 Å². The number of hydrazine groups is 1. The minimum Gasteiger partial charge on any atom is -0.168 e. The number of nitrogens with zero attached hydrogens (tertiary/aromatic N) is 2. The summed E-state index contributed by atoms with van der Waals surface area (Å²) >= 11 is 0. The molecule has 0 N–H and O–H groups in total. The molecular formula is C5H5F3N2O+. The minimum absolute atomic E-state index is 0.0398. The zero-order chi connectivity index (χ0) is 8.65. The lowest BCUT2D eigenvalue weighted by Gasteiger charge is -2.14. The van der Waals surface area contributed by atoms with Gasteiger partial charge in [-0.3, -0.25) is 0 Å². The highest BCUT2D eigenvalue weighted by Gasteiger charge is 2.49. The van der Waals surface area contributed by atoms with Crippen LogP contribution < -0.4 is 0 Å². The van der Waals surface area contributed by atoms with Crippen molar-refractivity contribution in [3.05, 3.63) is 24.2 Å². The second-order valence-corrected chi connectivity index (χ2v) is 2.07. The van der Waals surface area contributed by atoms with E-state index in [0.717, 1.165) is 12.3 Å². The third kappa shape index (κ3) is 1.33. The van der Waals surface area contributed by atoms with Gasteiger partial charge in [-0.05, 0) is 0 Å². The fourth-order valence-corrected chi connectivity index (χ4v) is 0.741. The van der Waals surface area contributed by atoms with Crippen LogP contribution in [-0.4, -0.2) is 22.1 Å². The van der Waals surface area contributed by atoms with Crippen LogP contribution in [0.2, 0.25) is 0 Å². The fraction of sp³-hybridized carbons (Fsp3) is 0.400. The van der Waals surface area contributed by atoms with Gasteiger partial charge in [0, 0.05) is 6.08 Å². The Morgan fingerprint density at radius 1 is 1.55 bits per heavy atom. The molecule has 3 nitrogen and oxygen atoms in total. The van der Waals surface area contributed by atoms with E-state index in [-0.39, 0.29) is 4.87 Å². The van der Waals surface area contributed by atoms with Crippen molar-refractivity contribution in [3.63, 3.8) is 0 Å². The molecule has 0 spiro atoms. The molecule has 0 aromatic heterocycles. The minimum atomic E-state index is -4.43. The van der Waals surface area contributed by atoms with E-state index in [9.17, 15) is 18.1 Å². The molecular weight excluding hydrogens is 161 g/mol. The van der Waals surface area contributed by atoms with Gasteiger partial charge in [0.05, 0.1) is 4.91 Å². The standard InChI is InChI=1S/C5H5F3N2O/c1-9-4(5(6,7)8)2-3-10(9)11/h2-4H,1H2/q+1. The summed E-state index contributed by atoms with van der Waals surface area (Å²) < 4.78 is 35.7. The molecule has 1 unspecified atom stereocenters. The highest BCUT2D eigenvalue weighted by Crippen LogP contribution is 2.28. The Hall–Kier alpha value is -1.07. The molecule has 1 heterocycles. The van der Waals surface area contributed by atoms with Crippen LogP contribution in [0.4, 0.5) is 13.2 Å². The van der Waals surface area contributed by atoms with Crippen molar-refractivity contribution < 1.29 is 18.0 Å². The number of rotatable bonds is 0. The van der Waals surface area contributed by atoms with Gasteiger partial charge in [0.25, 0.3) is 6.20 Å². The zero-order valence-corrected chi connectivity index (χ0v) is 5.38. The second-order valence-electron chi connectivity index (χ2n) is 2.07. The van der Waals surface area contributed by atoms with Gasteiger partial charge in [-0.2, -0.15) is 13.2 Å². The predicted molar refractivity (Wildman–Crippen MR) is 29.8 cm³/mol. The summed E-state index contributed by atoms with van der Waals surface area (Å²) in [6.45, 7) is 0. The van der Waals surface area contributed by atoms with Crippen molar-refractivity contribution in [2.45, 2.75) is 12.2 Å². The Bertz CT molecular complexity index is 210. The second kappa shape index (κ2) is 2.21. The lowest BCUT2D eigenvalue weighted by Crippen LogP contribution is -2.39. The van der Waals surface area contributed by atoms with Crippen LogP contribution in [0.1, 0.15) is 0 Å². The zero-order valence-electron chi connectivity index (χ0n) is 5.38. The van der Waals surface area contributed by atoms with Crippen LogP contribution in [-0.2, 0) is 0 Å². The normalized spacial score (nSPS) is 24.9. The Morgan fingerprint density at radius 3 is 2.27 bits per heavy atom. The van der Waals surface area contributed by atoms with E-state index in [4.69, 9.17) is 0 Å². The van der Waals surface area contributed by atoms with E-state index in [1.54, 1.807) is 0 Å². The van der Waals surface area contributed by atoms with E-state index in [1.165, 1.54) is 0 Å². The van der Waals surface area contributed by atoms with Gasteiger partial charge >= 0.3 is 6.18 Å². The average molecular weight is 166 g/mol. The molecule has 0 amide bonds. The van der Waals surface area contributed by atoms with E-state index in [0.29, 0.717) is 5.01 Å². The van der Waals surface area contributed by atoms with Crippen molar-refractivity contribution in [2.75, 3.05) is 0 Å². The molecule has 0 saturated heterocycles. The summed E-state index contributed by atoms with van der Waals surface area (Å²) in [5, 5.41) is 0.319. The molecule has 61 valence electrons. The largest absolute Gasteiger partial charge is 0.418 e. The molecule has 0 saturated carbocycles. The summed E-state index contributed by atoms with van der Waals surface area (Å²) in [5.74, 6) is 0. The van der Waals surface area contributed by atoms with Gasteiger partial charge in [0.2, 0.25) is 6.04 Å². The van der Waals surface area contributed by atoms with Crippen molar-refractivity contribution in [3.8, 4) is 0 Å². The van der Waals surface area contributed by atoms with Gasteiger partial charge in [0.1, 0.15) is 7.05 Å². The van der Waals surface area contributed by atoms with Gasteiger partial charge in [-0.1, -0.05) is 0 Å². The Kier molecular flexibility index (Phi) is 1.62. The van der Waals surface area contributed by atoms with E-state index < -0.39 is 12.2 Å². The number of hydrogen-bond acceptors (Lipinski definition) is 1. The molecule has 6 heteroatoms. The molecule has 1 radical (unpaired) electrons. The summed E-state index contributed by atoms with van der Waals surface area (Å²) in [4.78, 5) is 10.5. The van der Waals surface area contributed by atoms with Crippen molar-refractivity contribution in [1.29, 1.82) is 0 Å². The van der Waals surface area contributed by atoms with Crippen LogP contribution in [0.3, 0.4) is 0 Å². The molecule has 1 atom stereocenters. The van der Waals surface area contributed by atoms with Crippen molar-refractivity contribution in [1.82, 2.24) is 5.01 Å². The smallest absolute Gasteiger partial charge is 0.168 e. The Balaban J connectivity index is 2.78. The summed E-state index contributed by atoms with van der Waals surface area (Å²) in [5.41, 5.74) is 0. The first-order chi connectivity index (χ1) is 4.93. The van der Waals surface area contributed by atoms with E-state index >= 15 is 0 Å². The van der Waals surface area contributed by atoms with Crippen molar-refractivity contribution in [2.24, 2.45) is 0 Å². The summed E-state index contributed by atoms with van der Waals surface area (Å²) in [7, 11) is 2.93. The fourth-order valence-electron chi connectivity index (χ4n) is 0.741. The molecule has 0 fully saturated rings. The van der Waals surface area contributed by atoms with Gasteiger partial charge in [0.15, 0.2) is 4.87 Å². The maximum atomic E-state index is 11.9. The molecule has 0 bridgehead atoms. The van der Waals surface area contributed by atoms with Crippen LogP contribution in [0.15, 0.2) is 12.3 Å². The van der Waals surface area contributed by atoms with E-state index in [1.807, 2.05) is 0 Å². The highest BCUT2D eigenvalue weighted by atomic mass is 19.4. The lowest BCUT2D eigenvalue weighted by molar-refractivity contribution is -0.641. The maximum Gasteiger partial charge on any atom is 0.418 e. The quantitative estimate of drug-likeness (QED) is 0.505. The molecule has 0 aromatic carbocycles. The predicted octanol–water partition coefficient (Wildman–Crippen LogP) is 1.23. The Morgan fingerprint density at radius 2 is 2.09 bits per heavy atom. The first kappa shape index (κ1) is 8.03. The van der Waals surface area contributed by atoms with E-state index in [2.05, 4.69) is 7.05 Å². The number of nitroso groups, excluding NO2 is 1. The first-order valence-corrected chi connectivity index (χ1v) is 2.74. The van der Waals surface area contributed by atoms with Gasteiger partial charge in [-0.25, -0.2) is 0 Å². The lowest BCUT2D eigenvalue weighted by atomic mass is 10.3. The number of hydrogen-bond donors (Lipinski definition) is 0. The van der Waals surface area contributed by atoms with Crippen LogP contribution in [0, 0.1) is 12.0 Å². The van der Waals surface area contributed by atoms with Gasteiger partial charge in [-0.15, -0.1) is 5.01 Å². The molecule has 1 aliphatic rings. The highest BCUT2D eigenvalue weighted by molar-refractivity contribution is 4.96. The number of halogens is 3. The SMILES string of the molecule is [CH2]N1C(C(F)(F)F)C=C[N+]1=O. The molecule has 1 aliphatic heterocycles. The molecule has 11 heavy (non-hydrogen) atoms. The monoisotopic (exact) mass is 166 g/mol.